The molecule has 0 aromatic heterocycles. The molecule has 0 amide bonds. The number of benzene rings is 1. The minimum atomic E-state index is -1.05. The van der Waals surface area contributed by atoms with Crippen molar-refractivity contribution >= 4 is 5.97 Å². The SMILES string of the molecule is CCN(CCOC)CCC(NC)(C(=O)O)c1ccccc1. The molecule has 1 aromatic carbocycles. The van der Waals surface area contributed by atoms with E-state index in [1.165, 1.54) is 0 Å². The van der Waals surface area contributed by atoms with Gasteiger partial charge in [-0.05, 0) is 25.6 Å². The van der Waals surface area contributed by atoms with Gasteiger partial charge in [0.2, 0.25) is 0 Å². The van der Waals surface area contributed by atoms with Crippen LogP contribution in [0.3, 0.4) is 0 Å². The average molecular weight is 294 g/mol. The van der Waals surface area contributed by atoms with Crippen LogP contribution >= 0.6 is 0 Å². The second-order valence-electron chi connectivity index (χ2n) is 5.00. The Bertz CT molecular complexity index is 425. The molecule has 0 aliphatic rings. The van der Waals surface area contributed by atoms with E-state index in [0.717, 1.165) is 18.7 Å². The predicted molar refractivity (Wildman–Crippen MR) is 83.4 cm³/mol. The Morgan fingerprint density at radius 2 is 2.00 bits per heavy atom. The van der Waals surface area contributed by atoms with Gasteiger partial charge < -0.3 is 20.1 Å². The lowest BCUT2D eigenvalue weighted by molar-refractivity contribution is -0.145. The van der Waals surface area contributed by atoms with Crippen molar-refractivity contribution in [3.8, 4) is 0 Å². The third-order valence-electron chi connectivity index (χ3n) is 3.92. The number of carbonyl (C=O) groups is 1. The first kappa shape index (κ1) is 17.6. The Morgan fingerprint density at radius 3 is 2.48 bits per heavy atom. The summed E-state index contributed by atoms with van der Waals surface area (Å²) in [7, 11) is 3.37. The standard InChI is InChI=1S/C16H26N2O3/c1-4-18(12-13-21-3)11-10-16(17-2,15(19)20)14-8-6-5-7-9-14/h5-9,17H,4,10-13H2,1-3H3,(H,19,20). The Hall–Kier alpha value is -1.43. The largest absolute Gasteiger partial charge is 0.480 e. The molecule has 1 atom stereocenters. The summed E-state index contributed by atoms with van der Waals surface area (Å²) in [6, 6.07) is 9.34. The minimum Gasteiger partial charge on any atom is -0.480 e. The van der Waals surface area contributed by atoms with E-state index in [0.29, 0.717) is 19.6 Å². The van der Waals surface area contributed by atoms with Gasteiger partial charge in [0.15, 0.2) is 0 Å². The van der Waals surface area contributed by atoms with Crippen molar-refractivity contribution in [3.05, 3.63) is 35.9 Å². The average Bonchev–Trinajstić information content (AvgIpc) is 2.52. The molecule has 0 bridgehead atoms. The van der Waals surface area contributed by atoms with Gasteiger partial charge >= 0.3 is 5.97 Å². The molecule has 0 heterocycles. The fraction of sp³-hybridized carbons (Fsp3) is 0.562. The highest BCUT2D eigenvalue weighted by Crippen LogP contribution is 2.25. The lowest BCUT2D eigenvalue weighted by Crippen LogP contribution is -2.49. The van der Waals surface area contributed by atoms with Gasteiger partial charge in [-0.3, -0.25) is 0 Å². The summed E-state index contributed by atoms with van der Waals surface area (Å²) in [5.74, 6) is -0.848. The van der Waals surface area contributed by atoms with Gasteiger partial charge in [-0.2, -0.15) is 0 Å². The molecule has 0 fully saturated rings. The minimum absolute atomic E-state index is 0.500. The maximum atomic E-state index is 11.9. The predicted octanol–water partition coefficient (Wildman–Crippen LogP) is 1.54. The molecule has 5 nitrogen and oxygen atoms in total. The van der Waals surface area contributed by atoms with E-state index in [1.54, 1.807) is 14.2 Å². The number of methoxy groups -OCH3 is 1. The topological polar surface area (TPSA) is 61.8 Å². The van der Waals surface area contributed by atoms with Gasteiger partial charge in [0.25, 0.3) is 0 Å². The first-order chi connectivity index (χ1) is 10.1. The van der Waals surface area contributed by atoms with Crippen molar-refractivity contribution in [1.29, 1.82) is 0 Å². The van der Waals surface area contributed by atoms with Crippen molar-refractivity contribution in [2.45, 2.75) is 18.9 Å². The fourth-order valence-corrected chi connectivity index (χ4v) is 2.45. The van der Waals surface area contributed by atoms with E-state index in [-0.39, 0.29) is 0 Å². The van der Waals surface area contributed by atoms with Crippen molar-refractivity contribution in [2.75, 3.05) is 40.4 Å². The zero-order valence-corrected chi connectivity index (χ0v) is 13.1. The maximum Gasteiger partial charge on any atom is 0.328 e. The van der Waals surface area contributed by atoms with E-state index >= 15 is 0 Å². The molecular weight excluding hydrogens is 268 g/mol. The van der Waals surface area contributed by atoms with Crippen molar-refractivity contribution in [1.82, 2.24) is 10.2 Å². The number of hydrogen-bond donors (Lipinski definition) is 2. The van der Waals surface area contributed by atoms with Crippen LogP contribution in [0.5, 0.6) is 0 Å². The van der Waals surface area contributed by atoms with Crippen LogP contribution in [0.4, 0.5) is 0 Å². The smallest absolute Gasteiger partial charge is 0.328 e. The summed E-state index contributed by atoms with van der Waals surface area (Å²) in [6.07, 6.45) is 0.500. The third-order valence-corrected chi connectivity index (χ3v) is 3.92. The lowest BCUT2D eigenvalue weighted by Gasteiger charge is -2.32. The van der Waals surface area contributed by atoms with Crippen molar-refractivity contribution in [2.24, 2.45) is 0 Å². The second kappa shape index (κ2) is 8.77. The van der Waals surface area contributed by atoms with Crippen LogP contribution in [0.1, 0.15) is 18.9 Å². The van der Waals surface area contributed by atoms with Gasteiger partial charge in [-0.15, -0.1) is 0 Å². The van der Waals surface area contributed by atoms with Crippen LogP contribution in [-0.4, -0.2) is 56.4 Å². The van der Waals surface area contributed by atoms with Crippen LogP contribution < -0.4 is 5.32 Å². The molecule has 0 aliphatic heterocycles. The van der Waals surface area contributed by atoms with Gasteiger partial charge in [-0.1, -0.05) is 37.3 Å². The highest BCUT2D eigenvalue weighted by molar-refractivity contribution is 5.80. The number of aliphatic carboxylic acids is 1. The quantitative estimate of drug-likeness (QED) is 0.685. The number of hydrogen-bond acceptors (Lipinski definition) is 4. The van der Waals surface area contributed by atoms with E-state index in [1.807, 2.05) is 30.3 Å². The summed E-state index contributed by atoms with van der Waals surface area (Å²) in [6.45, 7) is 5.10. The molecule has 118 valence electrons. The molecule has 0 aliphatic carbocycles. The first-order valence-electron chi connectivity index (χ1n) is 7.29. The number of ether oxygens (including phenoxy) is 1. The normalized spacial score (nSPS) is 14.1. The van der Waals surface area contributed by atoms with Crippen LogP contribution in [0, 0.1) is 0 Å². The Kier molecular flexibility index (Phi) is 7.36. The monoisotopic (exact) mass is 294 g/mol. The molecule has 5 heteroatoms. The summed E-state index contributed by atoms with van der Waals surface area (Å²) in [4.78, 5) is 14.1. The van der Waals surface area contributed by atoms with Gasteiger partial charge in [0, 0.05) is 20.2 Å². The lowest BCUT2D eigenvalue weighted by atomic mass is 9.86. The number of likely N-dealkylation sites (N-methyl/N-ethyl adjacent to an activating group) is 2. The highest BCUT2D eigenvalue weighted by atomic mass is 16.5. The molecule has 1 unspecified atom stereocenters. The maximum absolute atomic E-state index is 11.9. The number of carboxylic acid groups (broad SMARTS) is 1. The molecule has 1 rings (SSSR count). The Labute approximate surface area is 126 Å². The molecule has 0 radical (unpaired) electrons. The van der Waals surface area contributed by atoms with Crippen LogP contribution in [-0.2, 0) is 15.1 Å². The van der Waals surface area contributed by atoms with E-state index in [2.05, 4.69) is 17.1 Å². The van der Waals surface area contributed by atoms with Crippen molar-refractivity contribution < 1.29 is 14.6 Å². The summed E-state index contributed by atoms with van der Waals surface area (Å²) in [5.41, 5.74) is -0.273. The van der Waals surface area contributed by atoms with E-state index < -0.39 is 11.5 Å². The second-order valence-corrected chi connectivity index (χ2v) is 5.00. The zero-order valence-electron chi connectivity index (χ0n) is 13.1. The van der Waals surface area contributed by atoms with E-state index in [4.69, 9.17) is 4.74 Å². The van der Waals surface area contributed by atoms with Crippen LogP contribution in [0.2, 0.25) is 0 Å². The third kappa shape index (κ3) is 4.52. The molecule has 0 saturated heterocycles. The fourth-order valence-electron chi connectivity index (χ4n) is 2.45. The number of rotatable bonds is 10. The summed E-state index contributed by atoms with van der Waals surface area (Å²) >= 11 is 0. The number of nitrogens with one attached hydrogen (secondary N) is 1. The molecule has 0 spiro atoms. The molecule has 2 N–H and O–H groups in total. The van der Waals surface area contributed by atoms with Crippen molar-refractivity contribution in [3.63, 3.8) is 0 Å². The molecule has 0 saturated carbocycles. The summed E-state index contributed by atoms with van der Waals surface area (Å²) in [5, 5.41) is 12.7. The highest BCUT2D eigenvalue weighted by Gasteiger charge is 2.38. The summed E-state index contributed by atoms with van der Waals surface area (Å²) < 4.78 is 5.09. The number of carboxylic acids is 1. The zero-order chi connectivity index (χ0) is 15.7. The Morgan fingerprint density at radius 1 is 1.33 bits per heavy atom. The molecule has 1 aromatic rings. The Balaban J connectivity index is 2.86. The van der Waals surface area contributed by atoms with Crippen LogP contribution in [0.15, 0.2) is 30.3 Å². The van der Waals surface area contributed by atoms with Gasteiger partial charge in [-0.25, -0.2) is 4.79 Å². The molecule has 21 heavy (non-hydrogen) atoms. The first-order valence-corrected chi connectivity index (χ1v) is 7.29. The van der Waals surface area contributed by atoms with E-state index in [9.17, 15) is 9.90 Å². The molecular formula is C16H26N2O3. The number of nitrogens with zero attached hydrogens (tertiary/aromatic N) is 1. The van der Waals surface area contributed by atoms with Gasteiger partial charge in [0.05, 0.1) is 6.61 Å². The van der Waals surface area contributed by atoms with Crippen LogP contribution in [0.25, 0.3) is 0 Å². The van der Waals surface area contributed by atoms with Gasteiger partial charge in [0.1, 0.15) is 5.54 Å².